The van der Waals surface area contributed by atoms with E-state index < -0.39 is 14.9 Å². The van der Waals surface area contributed by atoms with Crippen LogP contribution in [0.15, 0.2) is 39.9 Å². The Labute approximate surface area is 145 Å². The van der Waals surface area contributed by atoms with Crippen LogP contribution in [0.3, 0.4) is 0 Å². The number of rotatable bonds is 7. The molecule has 2 rings (SSSR count). The topological polar surface area (TPSA) is 92.6 Å². The summed E-state index contributed by atoms with van der Waals surface area (Å²) >= 11 is 1.55. The summed E-state index contributed by atoms with van der Waals surface area (Å²) in [7, 11) is -2.04. The molecule has 130 valence electrons. The van der Waals surface area contributed by atoms with Crippen molar-refractivity contribution in [1.82, 2.24) is 4.72 Å². The second-order valence-electron chi connectivity index (χ2n) is 5.67. The second-order valence-corrected chi connectivity index (χ2v) is 8.17. The molecule has 1 aromatic heterocycles. The number of nitro benzene ring substituents is 1. The first-order valence-corrected chi connectivity index (χ1v) is 9.66. The maximum Gasteiger partial charge on any atom is 0.293 e. The number of thiophene rings is 1. The quantitative estimate of drug-likeness (QED) is 0.598. The van der Waals surface area contributed by atoms with E-state index in [1.54, 1.807) is 37.1 Å². The van der Waals surface area contributed by atoms with E-state index in [1.165, 1.54) is 12.1 Å². The van der Waals surface area contributed by atoms with Crippen molar-refractivity contribution in [3.05, 3.63) is 50.7 Å². The number of sulfonamides is 1. The van der Waals surface area contributed by atoms with Crippen LogP contribution in [-0.2, 0) is 16.6 Å². The molecule has 0 radical (unpaired) electrons. The van der Waals surface area contributed by atoms with Crippen LogP contribution in [0.4, 0.5) is 11.4 Å². The molecule has 9 heteroatoms. The van der Waals surface area contributed by atoms with E-state index in [-0.39, 0.29) is 16.6 Å². The van der Waals surface area contributed by atoms with Crippen molar-refractivity contribution < 1.29 is 13.3 Å². The molecule has 1 N–H and O–H groups in total. The SMILES string of the molecule is CC(C)NS(=O)(=O)c1ccc(N(C)Cc2ccsc2)c([N+](=O)[O-])c1. The van der Waals surface area contributed by atoms with Gasteiger partial charge in [-0.05, 0) is 48.4 Å². The molecule has 0 spiro atoms. The summed E-state index contributed by atoms with van der Waals surface area (Å²) in [5, 5.41) is 15.3. The van der Waals surface area contributed by atoms with Gasteiger partial charge in [-0.1, -0.05) is 0 Å². The smallest absolute Gasteiger partial charge is 0.293 e. The first kappa shape index (κ1) is 18.4. The normalized spacial score (nSPS) is 11.7. The lowest BCUT2D eigenvalue weighted by Crippen LogP contribution is -2.30. The highest BCUT2D eigenvalue weighted by atomic mass is 32.2. The van der Waals surface area contributed by atoms with E-state index >= 15 is 0 Å². The third kappa shape index (κ3) is 4.31. The third-order valence-corrected chi connectivity index (χ3v) is 5.64. The average Bonchev–Trinajstić information content (AvgIpc) is 2.98. The highest BCUT2D eigenvalue weighted by molar-refractivity contribution is 7.89. The highest BCUT2D eigenvalue weighted by Crippen LogP contribution is 2.31. The predicted molar refractivity (Wildman–Crippen MR) is 95.0 cm³/mol. The maximum atomic E-state index is 12.2. The van der Waals surface area contributed by atoms with E-state index in [4.69, 9.17) is 0 Å². The summed E-state index contributed by atoms with van der Waals surface area (Å²) in [5.74, 6) is 0. The molecular formula is C15H19N3O4S2. The maximum absolute atomic E-state index is 12.2. The number of nitrogens with zero attached hydrogens (tertiary/aromatic N) is 2. The molecule has 0 amide bonds. The Morgan fingerprint density at radius 3 is 2.58 bits per heavy atom. The molecule has 0 fully saturated rings. The zero-order valence-electron chi connectivity index (χ0n) is 13.6. The summed E-state index contributed by atoms with van der Waals surface area (Å²) in [6.45, 7) is 3.88. The molecule has 1 heterocycles. The van der Waals surface area contributed by atoms with Crippen LogP contribution in [0.5, 0.6) is 0 Å². The Bertz CT molecular complexity index is 817. The van der Waals surface area contributed by atoms with Gasteiger partial charge in [-0.25, -0.2) is 13.1 Å². The molecule has 0 atom stereocenters. The highest BCUT2D eigenvalue weighted by Gasteiger charge is 2.23. The van der Waals surface area contributed by atoms with Gasteiger partial charge in [-0.15, -0.1) is 0 Å². The average molecular weight is 369 g/mol. The van der Waals surface area contributed by atoms with Crippen molar-refractivity contribution in [2.75, 3.05) is 11.9 Å². The van der Waals surface area contributed by atoms with Crippen molar-refractivity contribution in [3.63, 3.8) is 0 Å². The van der Waals surface area contributed by atoms with Gasteiger partial charge in [-0.3, -0.25) is 10.1 Å². The Hall–Kier alpha value is -1.97. The minimum absolute atomic E-state index is 0.115. The molecule has 0 saturated carbocycles. The predicted octanol–water partition coefficient (Wildman–Crippen LogP) is 2.98. The van der Waals surface area contributed by atoms with Gasteiger partial charge in [0.1, 0.15) is 5.69 Å². The zero-order valence-corrected chi connectivity index (χ0v) is 15.2. The summed E-state index contributed by atoms with van der Waals surface area (Å²) in [6.07, 6.45) is 0. The molecular weight excluding hydrogens is 350 g/mol. The van der Waals surface area contributed by atoms with Gasteiger partial charge in [0, 0.05) is 25.7 Å². The molecule has 7 nitrogen and oxygen atoms in total. The first-order chi connectivity index (χ1) is 11.2. The molecule has 0 aliphatic heterocycles. The van der Waals surface area contributed by atoms with Gasteiger partial charge < -0.3 is 4.90 Å². The van der Waals surface area contributed by atoms with Gasteiger partial charge in [0.05, 0.1) is 9.82 Å². The van der Waals surface area contributed by atoms with Gasteiger partial charge in [0.15, 0.2) is 0 Å². The number of anilines is 1. The standard InChI is InChI=1S/C15H19N3O4S2/c1-11(2)16-24(21,22)13-4-5-14(15(8-13)18(19)20)17(3)9-12-6-7-23-10-12/h4-8,10-11,16H,9H2,1-3H3. The number of nitro groups is 1. The van der Waals surface area contributed by atoms with Crippen molar-refractivity contribution in [2.45, 2.75) is 31.3 Å². The molecule has 24 heavy (non-hydrogen) atoms. The lowest BCUT2D eigenvalue weighted by Gasteiger charge is -2.19. The number of benzene rings is 1. The van der Waals surface area contributed by atoms with Crippen molar-refractivity contribution in [2.24, 2.45) is 0 Å². The molecule has 0 unspecified atom stereocenters. The fraction of sp³-hybridized carbons (Fsp3) is 0.333. The second kappa shape index (κ2) is 7.29. The first-order valence-electron chi connectivity index (χ1n) is 7.23. The Morgan fingerprint density at radius 2 is 2.04 bits per heavy atom. The van der Waals surface area contributed by atoms with Crippen LogP contribution < -0.4 is 9.62 Å². The molecule has 0 saturated heterocycles. The van der Waals surface area contributed by atoms with E-state index in [0.29, 0.717) is 12.2 Å². The minimum Gasteiger partial charge on any atom is -0.365 e. The summed E-state index contributed by atoms with van der Waals surface area (Å²) < 4.78 is 26.8. The number of hydrogen-bond acceptors (Lipinski definition) is 6. The van der Waals surface area contributed by atoms with E-state index in [9.17, 15) is 18.5 Å². The van der Waals surface area contributed by atoms with Gasteiger partial charge >= 0.3 is 0 Å². The summed E-state index contributed by atoms with van der Waals surface area (Å²) in [4.78, 5) is 12.4. The zero-order chi connectivity index (χ0) is 17.9. The number of nitrogens with one attached hydrogen (secondary N) is 1. The van der Waals surface area contributed by atoms with Gasteiger partial charge in [-0.2, -0.15) is 11.3 Å². The van der Waals surface area contributed by atoms with E-state index in [2.05, 4.69) is 4.72 Å². The molecule has 0 bridgehead atoms. The van der Waals surface area contributed by atoms with Crippen LogP contribution in [0.2, 0.25) is 0 Å². The van der Waals surface area contributed by atoms with Gasteiger partial charge in [0.2, 0.25) is 10.0 Å². The molecule has 2 aromatic rings. The van der Waals surface area contributed by atoms with Crippen LogP contribution in [0, 0.1) is 10.1 Å². The lowest BCUT2D eigenvalue weighted by atomic mass is 10.2. The van der Waals surface area contributed by atoms with E-state index in [0.717, 1.165) is 11.6 Å². The fourth-order valence-corrected chi connectivity index (χ4v) is 4.19. The minimum atomic E-state index is -3.78. The van der Waals surface area contributed by atoms with Crippen molar-refractivity contribution >= 4 is 32.7 Å². The van der Waals surface area contributed by atoms with Crippen LogP contribution in [0.1, 0.15) is 19.4 Å². The third-order valence-electron chi connectivity index (χ3n) is 3.26. The van der Waals surface area contributed by atoms with Gasteiger partial charge in [0.25, 0.3) is 5.69 Å². The molecule has 1 aromatic carbocycles. The Balaban J connectivity index is 2.38. The van der Waals surface area contributed by atoms with Crippen LogP contribution >= 0.6 is 11.3 Å². The van der Waals surface area contributed by atoms with Crippen LogP contribution in [0.25, 0.3) is 0 Å². The lowest BCUT2D eigenvalue weighted by molar-refractivity contribution is -0.384. The van der Waals surface area contributed by atoms with Crippen molar-refractivity contribution in [1.29, 1.82) is 0 Å². The Morgan fingerprint density at radius 1 is 1.33 bits per heavy atom. The van der Waals surface area contributed by atoms with Crippen LogP contribution in [-0.4, -0.2) is 26.4 Å². The largest absolute Gasteiger partial charge is 0.365 e. The van der Waals surface area contributed by atoms with Crippen molar-refractivity contribution in [3.8, 4) is 0 Å². The fourth-order valence-electron chi connectivity index (χ4n) is 2.26. The number of hydrogen-bond donors (Lipinski definition) is 1. The van der Waals surface area contributed by atoms with E-state index in [1.807, 2.05) is 16.8 Å². The summed E-state index contributed by atoms with van der Waals surface area (Å²) in [6, 6.07) is 5.61. The monoisotopic (exact) mass is 369 g/mol. The summed E-state index contributed by atoms with van der Waals surface area (Å²) in [5.41, 5.74) is 1.17. The molecule has 0 aliphatic carbocycles. The Kier molecular flexibility index (Phi) is 5.58. The molecule has 0 aliphatic rings.